The predicted molar refractivity (Wildman–Crippen MR) is 200 cm³/mol. The molecule has 0 bridgehead atoms. The lowest BCUT2D eigenvalue weighted by Crippen LogP contribution is -2.33. The Morgan fingerprint density at radius 3 is 1.65 bits per heavy atom. The molecule has 6 aromatic rings. The minimum absolute atomic E-state index is 0.219. The molecule has 1 N–H and O–H groups in total. The highest BCUT2D eigenvalue weighted by Gasteiger charge is 2.52. The van der Waals surface area contributed by atoms with Crippen molar-refractivity contribution in [2.24, 2.45) is 11.8 Å². The summed E-state index contributed by atoms with van der Waals surface area (Å²) in [5.74, 6) is 0.688. The second kappa shape index (κ2) is 11.6. The second-order valence-electron chi connectivity index (χ2n) is 14.0. The molecule has 2 aliphatic carbocycles. The van der Waals surface area contributed by atoms with Gasteiger partial charge in [-0.2, -0.15) is 0 Å². The Morgan fingerprint density at radius 2 is 1.00 bits per heavy atom. The molecule has 6 aromatic carbocycles. The average molecular weight is 620 g/mol. The van der Waals surface area contributed by atoms with Gasteiger partial charge in [-0.25, -0.2) is 0 Å². The highest BCUT2D eigenvalue weighted by Crippen LogP contribution is 2.63. The molecule has 3 aliphatic rings. The second-order valence-corrected chi connectivity index (χ2v) is 14.0. The minimum atomic E-state index is -0.324. The van der Waals surface area contributed by atoms with Crippen LogP contribution in [0.25, 0.3) is 27.8 Å². The molecule has 1 heterocycles. The van der Waals surface area contributed by atoms with Gasteiger partial charge in [-0.15, -0.1) is 0 Å². The third-order valence-corrected chi connectivity index (χ3v) is 11.7. The van der Waals surface area contributed by atoms with Crippen molar-refractivity contribution in [3.63, 3.8) is 0 Å². The Bertz CT molecular complexity index is 2110. The minimum Gasteiger partial charge on any atom is -0.303 e. The Kier molecular flexibility index (Phi) is 7.06. The fraction of sp³-hybridized carbons (Fsp3) is 0.191. The van der Waals surface area contributed by atoms with E-state index in [1.54, 1.807) is 0 Å². The zero-order valence-electron chi connectivity index (χ0n) is 27.7. The van der Waals surface area contributed by atoms with Gasteiger partial charge < -0.3 is 5.32 Å². The van der Waals surface area contributed by atoms with Gasteiger partial charge >= 0.3 is 0 Å². The van der Waals surface area contributed by atoms with Crippen molar-refractivity contribution in [1.29, 1.82) is 0 Å². The first-order valence-electron chi connectivity index (χ1n) is 17.7. The monoisotopic (exact) mass is 619 g/mol. The van der Waals surface area contributed by atoms with Crippen LogP contribution < -0.4 is 5.32 Å². The summed E-state index contributed by atoms with van der Waals surface area (Å²) in [5.41, 5.74) is 16.4. The van der Waals surface area contributed by atoms with Gasteiger partial charge in [0.25, 0.3) is 0 Å². The summed E-state index contributed by atoms with van der Waals surface area (Å²) in [6.07, 6.45) is 4.65. The molecule has 48 heavy (non-hydrogen) atoms. The molecule has 1 aliphatic heterocycles. The zero-order chi connectivity index (χ0) is 32.2. The van der Waals surface area contributed by atoms with Crippen molar-refractivity contribution in [2.45, 2.75) is 44.2 Å². The molecule has 234 valence electrons. The number of rotatable bonds is 3. The number of benzene rings is 6. The normalized spacial score (nSPS) is 23.1. The fourth-order valence-corrected chi connectivity index (χ4v) is 9.36. The van der Waals surface area contributed by atoms with Crippen LogP contribution in [0.15, 0.2) is 158 Å². The average Bonchev–Trinajstić information content (AvgIpc) is 3.64. The predicted octanol–water partition coefficient (Wildman–Crippen LogP) is 11.6. The van der Waals surface area contributed by atoms with Crippen LogP contribution in [0.5, 0.6) is 0 Å². The van der Waals surface area contributed by atoms with Gasteiger partial charge in [-0.3, -0.25) is 0 Å². The van der Waals surface area contributed by atoms with Crippen molar-refractivity contribution < 1.29 is 0 Å². The highest BCUT2D eigenvalue weighted by atomic mass is 15.0. The van der Waals surface area contributed by atoms with E-state index in [2.05, 4.69) is 177 Å². The molecule has 1 heteroatoms. The molecule has 0 saturated heterocycles. The first-order valence-corrected chi connectivity index (χ1v) is 17.7. The first kappa shape index (κ1) is 29.2. The number of hydrogen-bond acceptors (Lipinski definition) is 1. The van der Waals surface area contributed by atoms with E-state index in [0.717, 1.165) is 12.8 Å². The van der Waals surface area contributed by atoms with Crippen LogP contribution in [0.4, 0.5) is 0 Å². The van der Waals surface area contributed by atoms with Gasteiger partial charge in [0.1, 0.15) is 0 Å². The molecule has 0 radical (unpaired) electrons. The summed E-state index contributed by atoms with van der Waals surface area (Å²) in [4.78, 5) is 0. The smallest absolute Gasteiger partial charge is 0.0725 e. The SMILES string of the molecule is CC1/C(c2cccc3c2-c2ccccc2C32c3ccccc3-c3ccccc32)=C\CCC(c2ccccc2)NC(c2ccccc2)C1C. The van der Waals surface area contributed by atoms with E-state index >= 15 is 0 Å². The van der Waals surface area contributed by atoms with Gasteiger partial charge in [0.05, 0.1) is 5.41 Å². The zero-order valence-corrected chi connectivity index (χ0v) is 27.7. The van der Waals surface area contributed by atoms with Crippen molar-refractivity contribution in [2.75, 3.05) is 0 Å². The highest BCUT2D eigenvalue weighted by molar-refractivity contribution is 5.98. The Morgan fingerprint density at radius 1 is 0.500 bits per heavy atom. The molecular formula is C47H41N. The molecule has 0 fully saturated rings. The van der Waals surface area contributed by atoms with E-state index in [-0.39, 0.29) is 17.5 Å². The van der Waals surface area contributed by atoms with Gasteiger partial charge in [0, 0.05) is 12.1 Å². The third-order valence-electron chi connectivity index (χ3n) is 11.7. The number of allylic oxidation sites excluding steroid dienone is 2. The van der Waals surface area contributed by atoms with Gasteiger partial charge in [-0.05, 0) is 91.4 Å². The Labute approximate surface area is 285 Å². The van der Waals surface area contributed by atoms with E-state index in [9.17, 15) is 0 Å². The largest absolute Gasteiger partial charge is 0.303 e. The van der Waals surface area contributed by atoms with Crippen LogP contribution in [0.3, 0.4) is 0 Å². The molecule has 4 atom stereocenters. The van der Waals surface area contributed by atoms with Crippen LogP contribution in [0.2, 0.25) is 0 Å². The van der Waals surface area contributed by atoms with Gasteiger partial charge in [0.15, 0.2) is 0 Å². The first-order chi connectivity index (χ1) is 23.7. The third kappa shape index (κ3) is 4.27. The van der Waals surface area contributed by atoms with E-state index in [0.29, 0.717) is 11.8 Å². The lowest BCUT2D eigenvalue weighted by atomic mass is 9.70. The maximum atomic E-state index is 4.18. The van der Waals surface area contributed by atoms with Crippen molar-refractivity contribution in [3.8, 4) is 22.3 Å². The summed E-state index contributed by atoms with van der Waals surface area (Å²) in [7, 11) is 0. The van der Waals surface area contributed by atoms with Crippen LogP contribution in [0.1, 0.15) is 77.7 Å². The van der Waals surface area contributed by atoms with E-state index in [1.807, 2.05) is 0 Å². The van der Waals surface area contributed by atoms with E-state index in [4.69, 9.17) is 0 Å². The number of nitrogens with one attached hydrogen (secondary N) is 1. The Hall–Kier alpha value is -4.98. The summed E-state index contributed by atoms with van der Waals surface area (Å²) < 4.78 is 0. The fourth-order valence-electron chi connectivity index (χ4n) is 9.36. The standard InChI is InChI=1S/C47H41N/c1-31-32(2)46(34-19-7-4-8-20-34)48-44(33-17-5-3-6-18-33)30-16-24-35(31)38-25-15-29-43-45(38)39-23-11-14-28-42(39)47(43)40-26-12-9-21-36(40)37-22-10-13-27-41(37)47/h3-15,17-29,31-32,44,46,48H,16,30H2,1-2H3/b35-24+. The van der Waals surface area contributed by atoms with Crippen molar-refractivity contribution in [3.05, 3.63) is 197 Å². The maximum absolute atomic E-state index is 4.18. The van der Waals surface area contributed by atoms with E-state index < -0.39 is 0 Å². The summed E-state index contributed by atoms with van der Waals surface area (Å²) in [6, 6.07) is 57.3. The van der Waals surface area contributed by atoms with Crippen LogP contribution in [0, 0.1) is 11.8 Å². The molecule has 1 spiro atoms. The molecule has 1 nitrogen and oxygen atoms in total. The van der Waals surface area contributed by atoms with Crippen LogP contribution >= 0.6 is 0 Å². The van der Waals surface area contributed by atoms with Crippen LogP contribution in [-0.4, -0.2) is 0 Å². The lowest BCUT2D eigenvalue weighted by Gasteiger charge is -2.34. The summed E-state index contributed by atoms with van der Waals surface area (Å²) >= 11 is 0. The number of fused-ring (bicyclic) bond motifs is 10. The number of hydrogen-bond donors (Lipinski definition) is 1. The lowest BCUT2D eigenvalue weighted by molar-refractivity contribution is 0.300. The van der Waals surface area contributed by atoms with E-state index in [1.165, 1.54) is 66.8 Å². The van der Waals surface area contributed by atoms with Gasteiger partial charge in [-0.1, -0.05) is 172 Å². The Balaban J connectivity index is 1.25. The molecule has 9 rings (SSSR count). The molecule has 0 aromatic heterocycles. The molecule has 4 unspecified atom stereocenters. The maximum Gasteiger partial charge on any atom is 0.0725 e. The molecule has 0 amide bonds. The van der Waals surface area contributed by atoms with Gasteiger partial charge in [0.2, 0.25) is 0 Å². The summed E-state index contributed by atoms with van der Waals surface area (Å²) in [5, 5.41) is 4.18. The quantitative estimate of drug-likeness (QED) is 0.207. The molecular weight excluding hydrogens is 579 g/mol. The topological polar surface area (TPSA) is 12.0 Å². The van der Waals surface area contributed by atoms with Crippen LogP contribution in [-0.2, 0) is 5.41 Å². The molecule has 0 saturated carbocycles. The van der Waals surface area contributed by atoms with Crippen molar-refractivity contribution in [1.82, 2.24) is 5.32 Å². The van der Waals surface area contributed by atoms with Crippen molar-refractivity contribution >= 4 is 5.57 Å². The summed E-state index contributed by atoms with van der Waals surface area (Å²) in [6.45, 7) is 4.92.